The summed E-state index contributed by atoms with van der Waals surface area (Å²) >= 11 is 2.14. The van der Waals surface area contributed by atoms with E-state index in [1.54, 1.807) is 5.56 Å². The van der Waals surface area contributed by atoms with Crippen molar-refractivity contribution in [3.05, 3.63) is 57.1 Å². The second-order valence-electron chi connectivity index (χ2n) is 7.77. The zero-order valence-electron chi connectivity index (χ0n) is 17.6. The molecule has 1 fully saturated rings. The van der Waals surface area contributed by atoms with Crippen LogP contribution in [0.15, 0.2) is 29.2 Å². The van der Waals surface area contributed by atoms with Crippen molar-refractivity contribution < 1.29 is 21.7 Å². The van der Waals surface area contributed by atoms with Crippen molar-refractivity contribution in [3.8, 4) is 0 Å². The average molecular weight is 412 g/mol. The van der Waals surface area contributed by atoms with Crippen LogP contribution in [0.5, 0.6) is 0 Å². The SMILES string of the molecule is CC(C)[N-][Si](C)(C)C1C(C)C(C)C2Sc3ccccc3C21.[CH3-].[CH3-].[CH3-].[Ti+4]. The summed E-state index contributed by atoms with van der Waals surface area (Å²) in [5.74, 6) is 2.33. The van der Waals surface area contributed by atoms with Gasteiger partial charge >= 0.3 is 21.7 Å². The molecule has 1 heterocycles. The molecule has 0 bridgehead atoms. The number of benzene rings is 1. The molecule has 2 aliphatic rings. The summed E-state index contributed by atoms with van der Waals surface area (Å²) in [5.41, 5.74) is 2.41. The van der Waals surface area contributed by atoms with Crippen molar-refractivity contribution in [1.82, 2.24) is 0 Å². The van der Waals surface area contributed by atoms with E-state index in [0.717, 1.165) is 28.5 Å². The molecule has 140 valence electrons. The zero-order valence-corrected chi connectivity index (χ0v) is 21.0. The van der Waals surface area contributed by atoms with Crippen LogP contribution >= 0.6 is 11.8 Å². The molecule has 0 spiro atoms. The Hall–Kier alpha value is 0.461. The molecule has 1 aromatic carbocycles. The maximum atomic E-state index is 5.24. The molecule has 0 aromatic heterocycles. The average Bonchev–Trinajstić information content (AvgIpc) is 2.86. The molecular formula is C21H37NSSiTi. The first kappa shape index (κ1) is 27.7. The quantitative estimate of drug-likeness (QED) is 0.378. The Morgan fingerprint density at radius 1 is 1.00 bits per heavy atom. The van der Waals surface area contributed by atoms with Crippen molar-refractivity contribution in [3.63, 3.8) is 0 Å². The zero-order chi connectivity index (χ0) is 15.4. The van der Waals surface area contributed by atoms with Gasteiger partial charge in [-0.1, -0.05) is 72.8 Å². The Morgan fingerprint density at radius 2 is 1.56 bits per heavy atom. The summed E-state index contributed by atoms with van der Waals surface area (Å²) in [6.45, 7) is 14.4. The molecule has 1 aromatic rings. The van der Waals surface area contributed by atoms with Gasteiger partial charge < -0.3 is 27.3 Å². The number of hydrogen-bond acceptors (Lipinski definition) is 1. The number of nitrogens with zero attached hydrogens (tertiary/aromatic N) is 1. The van der Waals surface area contributed by atoms with Crippen LogP contribution in [0.1, 0.15) is 39.2 Å². The standard InChI is InChI=1S/C18H28NSSi.3CH3.Ti/c1-11(2)19-21(5,6)18-13(4)12(3)17-16(18)14-9-7-8-10-15(14)20-17;;;;/h7-13,16-18H,1-6H3;3*1H3;/q4*-1;+4. The number of rotatable bonds is 3. The van der Waals surface area contributed by atoms with E-state index in [4.69, 9.17) is 4.98 Å². The van der Waals surface area contributed by atoms with Gasteiger partial charge in [-0.15, -0.1) is 17.8 Å². The molecule has 5 unspecified atom stereocenters. The summed E-state index contributed by atoms with van der Waals surface area (Å²) in [7, 11) is -1.58. The predicted octanol–water partition coefficient (Wildman–Crippen LogP) is 7.24. The van der Waals surface area contributed by atoms with E-state index in [2.05, 4.69) is 76.8 Å². The van der Waals surface area contributed by atoms with Gasteiger partial charge in [-0.05, 0) is 29.4 Å². The molecule has 1 aliphatic heterocycles. The van der Waals surface area contributed by atoms with Crippen molar-refractivity contribution in [1.29, 1.82) is 0 Å². The van der Waals surface area contributed by atoms with Crippen LogP contribution in [-0.2, 0) is 21.7 Å². The largest absolute Gasteiger partial charge is 4.00 e. The second-order valence-corrected chi connectivity index (χ2v) is 13.2. The van der Waals surface area contributed by atoms with Crippen LogP contribution in [0.2, 0.25) is 18.6 Å². The first-order valence-electron chi connectivity index (χ1n) is 8.30. The van der Waals surface area contributed by atoms with Gasteiger partial charge in [0, 0.05) is 10.1 Å². The van der Waals surface area contributed by atoms with Crippen molar-refractivity contribution >= 4 is 20.0 Å². The van der Waals surface area contributed by atoms with E-state index >= 15 is 0 Å². The van der Waals surface area contributed by atoms with Gasteiger partial charge in [-0.2, -0.15) is 0 Å². The van der Waals surface area contributed by atoms with E-state index in [9.17, 15) is 0 Å². The molecule has 0 N–H and O–H groups in total. The molecule has 3 rings (SSSR count). The molecule has 5 atom stereocenters. The summed E-state index contributed by atoms with van der Waals surface area (Å²) < 4.78 is 0. The number of hydrogen-bond donors (Lipinski definition) is 0. The number of thioether (sulfide) groups is 1. The smallest absolute Gasteiger partial charge is 0.662 e. The molecule has 4 heteroatoms. The van der Waals surface area contributed by atoms with Crippen LogP contribution in [0.4, 0.5) is 0 Å². The summed E-state index contributed by atoms with van der Waals surface area (Å²) in [4.78, 5) is 6.77. The van der Waals surface area contributed by atoms with Gasteiger partial charge in [0.2, 0.25) is 0 Å². The Bertz CT molecular complexity index is 534. The minimum Gasteiger partial charge on any atom is -0.662 e. The van der Waals surface area contributed by atoms with E-state index in [1.807, 2.05) is 0 Å². The van der Waals surface area contributed by atoms with E-state index in [0.29, 0.717) is 6.04 Å². The fourth-order valence-corrected chi connectivity index (χ4v) is 11.1. The molecule has 1 aliphatic carbocycles. The van der Waals surface area contributed by atoms with Gasteiger partial charge in [-0.25, -0.2) is 0 Å². The Balaban J connectivity index is 0. The predicted molar refractivity (Wildman–Crippen MR) is 116 cm³/mol. The third-order valence-electron chi connectivity index (χ3n) is 5.60. The van der Waals surface area contributed by atoms with E-state index in [1.165, 1.54) is 4.90 Å². The van der Waals surface area contributed by atoms with Gasteiger partial charge in [0.25, 0.3) is 0 Å². The van der Waals surface area contributed by atoms with Crippen LogP contribution in [0.25, 0.3) is 4.98 Å². The van der Waals surface area contributed by atoms with E-state index < -0.39 is 8.24 Å². The second kappa shape index (κ2) is 10.1. The van der Waals surface area contributed by atoms with Crippen LogP contribution in [0.3, 0.4) is 0 Å². The van der Waals surface area contributed by atoms with Crippen molar-refractivity contribution in [2.75, 3.05) is 0 Å². The third kappa shape index (κ3) is 4.85. The minimum atomic E-state index is -1.58. The first-order valence-corrected chi connectivity index (χ1v) is 12.2. The summed E-state index contributed by atoms with van der Waals surface area (Å²) in [6, 6.07) is 9.58. The maximum absolute atomic E-state index is 5.24. The topological polar surface area (TPSA) is 14.1 Å². The van der Waals surface area contributed by atoms with Crippen LogP contribution < -0.4 is 0 Å². The molecule has 0 amide bonds. The van der Waals surface area contributed by atoms with Gasteiger partial charge in [0.15, 0.2) is 0 Å². The van der Waals surface area contributed by atoms with Crippen LogP contribution in [-0.4, -0.2) is 19.5 Å². The molecule has 0 radical (unpaired) electrons. The first-order chi connectivity index (χ1) is 9.83. The summed E-state index contributed by atoms with van der Waals surface area (Å²) in [5, 5.41) is 0.775. The van der Waals surface area contributed by atoms with E-state index in [-0.39, 0.29) is 44.0 Å². The monoisotopic (exact) mass is 411 g/mol. The molecule has 0 saturated heterocycles. The van der Waals surface area contributed by atoms with Gasteiger partial charge in [-0.3, -0.25) is 0 Å². The Labute approximate surface area is 178 Å². The fourth-order valence-electron chi connectivity index (χ4n) is 4.88. The van der Waals surface area contributed by atoms with Gasteiger partial charge in [0.1, 0.15) is 0 Å². The maximum Gasteiger partial charge on any atom is 4.00 e. The van der Waals surface area contributed by atoms with Crippen molar-refractivity contribution in [2.45, 2.75) is 68.4 Å². The molecule has 25 heavy (non-hydrogen) atoms. The minimum absolute atomic E-state index is 0. The molecule has 1 saturated carbocycles. The summed E-state index contributed by atoms with van der Waals surface area (Å²) in [6.07, 6.45) is 0. The number of fused-ring (bicyclic) bond motifs is 3. The van der Waals surface area contributed by atoms with Crippen molar-refractivity contribution in [2.24, 2.45) is 11.8 Å². The molecule has 1 nitrogen and oxygen atoms in total. The molecular weight excluding hydrogens is 374 g/mol. The normalized spacial score (nSPS) is 29.5. The van der Waals surface area contributed by atoms with Crippen LogP contribution in [0, 0.1) is 34.1 Å². The fraction of sp³-hybridized carbons (Fsp3) is 0.571. The Kier molecular flexibility index (Phi) is 11.2. The third-order valence-corrected chi connectivity index (χ3v) is 10.9. The Morgan fingerprint density at radius 3 is 2.12 bits per heavy atom. The van der Waals surface area contributed by atoms with Gasteiger partial charge in [0.05, 0.1) is 0 Å².